The van der Waals surface area contributed by atoms with Crippen LogP contribution in [0.3, 0.4) is 0 Å². The number of hydrogen-bond acceptors (Lipinski definition) is 4. The average molecular weight is 339 g/mol. The fraction of sp³-hybridized carbons (Fsp3) is 0.500. The molecule has 0 spiro atoms. The average Bonchev–Trinajstić information content (AvgIpc) is 3.10. The predicted molar refractivity (Wildman–Crippen MR) is 95.7 cm³/mol. The van der Waals surface area contributed by atoms with Crippen LogP contribution in [0.4, 0.5) is 0 Å². The fourth-order valence-corrected chi connectivity index (χ4v) is 4.08. The van der Waals surface area contributed by atoms with E-state index in [4.69, 9.17) is 4.52 Å². The number of aromatic nitrogens is 1. The fourth-order valence-electron chi connectivity index (χ4n) is 4.08. The first kappa shape index (κ1) is 16.3. The van der Waals surface area contributed by atoms with Crippen LogP contribution in [0.5, 0.6) is 0 Å². The lowest BCUT2D eigenvalue weighted by atomic mass is 9.68. The third-order valence-electron chi connectivity index (χ3n) is 5.76. The van der Waals surface area contributed by atoms with Crippen molar-refractivity contribution in [3.63, 3.8) is 0 Å². The monoisotopic (exact) mass is 339 g/mol. The van der Waals surface area contributed by atoms with E-state index < -0.39 is 0 Å². The molecular weight excluding hydrogens is 314 g/mol. The van der Waals surface area contributed by atoms with Crippen molar-refractivity contribution >= 4 is 5.91 Å². The van der Waals surface area contributed by atoms with E-state index in [2.05, 4.69) is 29.2 Å². The molecule has 1 N–H and O–H groups in total. The van der Waals surface area contributed by atoms with Crippen LogP contribution in [0.25, 0.3) is 11.3 Å². The van der Waals surface area contributed by atoms with Crippen LogP contribution < -0.4 is 5.32 Å². The van der Waals surface area contributed by atoms with Crippen LogP contribution >= 0.6 is 0 Å². The lowest BCUT2D eigenvalue weighted by Gasteiger charge is -2.50. The van der Waals surface area contributed by atoms with E-state index in [0.717, 1.165) is 49.5 Å². The number of piperidine rings is 1. The molecule has 0 radical (unpaired) electrons. The quantitative estimate of drug-likeness (QED) is 0.870. The zero-order valence-electron chi connectivity index (χ0n) is 14.9. The van der Waals surface area contributed by atoms with E-state index in [-0.39, 0.29) is 11.3 Å². The number of rotatable bonds is 4. The molecule has 2 aliphatic rings. The summed E-state index contributed by atoms with van der Waals surface area (Å²) in [6.07, 6.45) is 2.25. The second-order valence-corrected chi connectivity index (χ2v) is 7.83. The van der Waals surface area contributed by atoms with Gasteiger partial charge in [0, 0.05) is 24.2 Å². The van der Waals surface area contributed by atoms with E-state index in [9.17, 15) is 4.79 Å². The second kappa shape index (κ2) is 6.30. The van der Waals surface area contributed by atoms with Gasteiger partial charge in [0.25, 0.3) is 0 Å². The van der Waals surface area contributed by atoms with E-state index in [1.165, 1.54) is 0 Å². The Bertz CT molecular complexity index is 745. The van der Waals surface area contributed by atoms with Crippen LogP contribution in [-0.2, 0) is 11.3 Å². The first-order chi connectivity index (χ1) is 12.0. The number of nitrogens with one attached hydrogen (secondary N) is 1. The molecule has 0 saturated carbocycles. The number of likely N-dealkylation sites (tertiary alicyclic amines) is 1. The van der Waals surface area contributed by atoms with Gasteiger partial charge in [0.15, 0.2) is 5.76 Å². The molecule has 1 atom stereocenters. The summed E-state index contributed by atoms with van der Waals surface area (Å²) in [6, 6.07) is 12.4. The lowest BCUT2D eigenvalue weighted by molar-refractivity contribution is -0.146. The second-order valence-electron chi connectivity index (χ2n) is 7.83. The Hall–Kier alpha value is -2.14. The molecule has 2 aliphatic heterocycles. The summed E-state index contributed by atoms with van der Waals surface area (Å²) in [6.45, 7) is 7.03. The van der Waals surface area contributed by atoms with Gasteiger partial charge in [-0.3, -0.25) is 9.69 Å². The maximum Gasteiger partial charge on any atom is 0.228 e. The van der Waals surface area contributed by atoms with E-state index in [1.54, 1.807) is 0 Å². The Morgan fingerprint density at radius 3 is 2.60 bits per heavy atom. The predicted octanol–water partition coefficient (Wildman–Crippen LogP) is 3.08. The number of amides is 1. The van der Waals surface area contributed by atoms with Gasteiger partial charge in [-0.2, -0.15) is 0 Å². The molecular formula is C20H25N3O2. The van der Waals surface area contributed by atoms with Gasteiger partial charge in [-0.15, -0.1) is 0 Å². The van der Waals surface area contributed by atoms with Crippen molar-refractivity contribution in [2.45, 2.75) is 39.3 Å². The van der Waals surface area contributed by atoms with Gasteiger partial charge in [-0.05, 0) is 45.7 Å². The largest absolute Gasteiger partial charge is 0.356 e. The van der Waals surface area contributed by atoms with Crippen molar-refractivity contribution in [3.05, 3.63) is 42.1 Å². The van der Waals surface area contributed by atoms with E-state index >= 15 is 0 Å². The Morgan fingerprint density at radius 2 is 1.96 bits per heavy atom. The number of carbonyl (C=O) groups excluding carboxylic acids is 1. The van der Waals surface area contributed by atoms with Crippen molar-refractivity contribution in [1.82, 2.24) is 15.4 Å². The molecule has 1 amide bonds. The molecule has 25 heavy (non-hydrogen) atoms. The first-order valence-electron chi connectivity index (χ1n) is 9.08. The highest BCUT2D eigenvalue weighted by Crippen LogP contribution is 2.38. The number of hydrogen-bond donors (Lipinski definition) is 1. The van der Waals surface area contributed by atoms with Crippen molar-refractivity contribution in [2.75, 3.05) is 13.1 Å². The molecule has 1 aromatic heterocycles. The minimum absolute atomic E-state index is 0.191. The molecule has 0 bridgehead atoms. The number of carbonyl (C=O) groups is 1. The molecule has 2 fully saturated rings. The normalized spacial score (nSPS) is 23.9. The van der Waals surface area contributed by atoms with E-state index in [1.807, 2.05) is 36.4 Å². The van der Waals surface area contributed by atoms with Gasteiger partial charge in [-0.25, -0.2) is 0 Å². The van der Waals surface area contributed by atoms with Crippen LogP contribution in [0.2, 0.25) is 0 Å². The molecule has 3 heterocycles. The molecule has 4 rings (SSSR count). The SMILES string of the molecule is CC1(C)C(=O)NC1C1CCN(Cc2cc(-c3ccccc3)on2)CC1. The van der Waals surface area contributed by atoms with Gasteiger partial charge >= 0.3 is 0 Å². The maximum absolute atomic E-state index is 11.7. The van der Waals surface area contributed by atoms with Crippen molar-refractivity contribution < 1.29 is 9.32 Å². The third kappa shape index (κ3) is 3.09. The lowest BCUT2D eigenvalue weighted by Crippen LogP contribution is -2.67. The maximum atomic E-state index is 11.7. The first-order valence-corrected chi connectivity index (χ1v) is 9.08. The van der Waals surface area contributed by atoms with Crippen molar-refractivity contribution in [1.29, 1.82) is 0 Å². The van der Waals surface area contributed by atoms with Crippen molar-refractivity contribution in [3.8, 4) is 11.3 Å². The molecule has 5 nitrogen and oxygen atoms in total. The molecule has 1 unspecified atom stereocenters. The molecule has 2 aromatic rings. The zero-order chi connectivity index (χ0) is 17.4. The Morgan fingerprint density at radius 1 is 1.24 bits per heavy atom. The Balaban J connectivity index is 1.32. The summed E-state index contributed by atoms with van der Waals surface area (Å²) in [5.41, 5.74) is 1.83. The van der Waals surface area contributed by atoms with Gasteiger partial charge in [0.2, 0.25) is 5.91 Å². The summed E-state index contributed by atoms with van der Waals surface area (Å²) < 4.78 is 5.49. The summed E-state index contributed by atoms with van der Waals surface area (Å²) in [5.74, 6) is 1.60. The minimum atomic E-state index is -0.205. The summed E-state index contributed by atoms with van der Waals surface area (Å²) in [4.78, 5) is 14.1. The number of β-lactam (4-membered cyclic amide) rings is 1. The van der Waals surface area contributed by atoms with E-state index in [0.29, 0.717) is 12.0 Å². The topological polar surface area (TPSA) is 58.4 Å². The molecule has 5 heteroatoms. The van der Waals surface area contributed by atoms with Gasteiger partial charge in [0.1, 0.15) is 0 Å². The molecule has 2 saturated heterocycles. The summed E-state index contributed by atoms with van der Waals surface area (Å²) in [5, 5.41) is 7.33. The zero-order valence-corrected chi connectivity index (χ0v) is 14.9. The third-order valence-corrected chi connectivity index (χ3v) is 5.76. The van der Waals surface area contributed by atoms with Crippen LogP contribution in [0.1, 0.15) is 32.4 Å². The highest BCUT2D eigenvalue weighted by Gasteiger charge is 2.50. The number of benzene rings is 1. The van der Waals surface area contributed by atoms with Crippen LogP contribution in [-0.4, -0.2) is 35.1 Å². The van der Waals surface area contributed by atoms with Crippen LogP contribution in [0.15, 0.2) is 40.9 Å². The highest BCUT2D eigenvalue weighted by molar-refractivity contribution is 5.89. The minimum Gasteiger partial charge on any atom is -0.356 e. The van der Waals surface area contributed by atoms with Crippen LogP contribution in [0, 0.1) is 11.3 Å². The van der Waals surface area contributed by atoms with Gasteiger partial charge < -0.3 is 9.84 Å². The molecule has 0 aliphatic carbocycles. The molecule has 1 aromatic carbocycles. The van der Waals surface area contributed by atoms with Gasteiger partial charge in [0.05, 0.1) is 11.1 Å². The van der Waals surface area contributed by atoms with Crippen molar-refractivity contribution in [2.24, 2.45) is 11.3 Å². The smallest absolute Gasteiger partial charge is 0.228 e. The molecule has 132 valence electrons. The Labute approximate surface area is 148 Å². The summed E-state index contributed by atoms with van der Waals surface area (Å²) in [7, 11) is 0. The Kier molecular flexibility index (Phi) is 4.12. The highest BCUT2D eigenvalue weighted by atomic mass is 16.5. The standard InChI is InChI=1S/C20H25N3O2/c1-20(2)18(21-19(20)24)15-8-10-23(11-9-15)13-16-12-17(25-22-16)14-6-4-3-5-7-14/h3-7,12,15,18H,8-11,13H2,1-2H3,(H,21,24). The van der Waals surface area contributed by atoms with Gasteiger partial charge in [-0.1, -0.05) is 35.5 Å². The summed E-state index contributed by atoms with van der Waals surface area (Å²) >= 11 is 0. The number of nitrogens with zero attached hydrogens (tertiary/aromatic N) is 2.